The van der Waals surface area contributed by atoms with Gasteiger partial charge in [-0.3, -0.25) is 14.4 Å². The van der Waals surface area contributed by atoms with Gasteiger partial charge in [0, 0.05) is 49.1 Å². The number of benzene rings is 1. The topological polar surface area (TPSA) is 69.7 Å². The first-order valence-corrected chi connectivity index (χ1v) is 8.65. The van der Waals surface area contributed by atoms with Crippen LogP contribution < -0.4 is 5.32 Å². The zero-order valence-electron chi connectivity index (χ0n) is 12.8. The second kappa shape index (κ2) is 4.99. The molecule has 1 aromatic rings. The van der Waals surface area contributed by atoms with Crippen LogP contribution in [0.15, 0.2) is 18.2 Å². The van der Waals surface area contributed by atoms with Gasteiger partial charge in [0.15, 0.2) is 4.87 Å². The third-order valence-electron chi connectivity index (χ3n) is 4.82. The van der Waals surface area contributed by atoms with Crippen molar-refractivity contribution < 1.29 is 14.4 Å². The van der Waals surface area contributed by atoms with Crippen LogP contribution in [0.5, 0.6) is 0 Å². The van der Waals surface area contributed by atoms with Gasteiger partial charge in [0.25, 0.3) is 11.8 Å². The first-order chi connectivity index (χ1) is 11.0. The zero-order chi connectivity index (χ0) is 16.2. The molecule has 2 saturated heterocycles. The molecule has 0 aromatic heterocycles. The zero-order valence-corrected chi connectivity index (χ0v) is 13.6. The van der Waals surface area contributed by atoms with Gasteiger partial charge in [-0.25, -0.2) is 0 Å². The fraction of sp³-hybridized carbons (Fsp3) is 0.438. The Hall–Kier alpha value is -2.02. The Kier molecular flexibility index (Phi) is 3.16. The summed E-state index contributed by atoms with van der Waals surface area (Å²) in [6.45, 7) is 1.12. The van der Waals surface area contributed by atoms with Crippen molar-refractivity contribution in [1.29, 1.82) is 0 Å². The molecule has 0 aliphatic carbocycles. The van der Waals surface area contributed by atoms with Crippen LogP contribution in [-0.4, -0.2) is 51.7 Å². The summed E-state index contributed by atoms with van der Waals surface area (Å²) in [7, 11) is 1.75. The SMILES string of the molecule is CN1Cc2c(NC(=O)C34CCC(=O)N3CCS4)cccc2C1=O. The maximum absolute atomic E-state index is 12.9. The maximum atomic E-state index is 12.9. The minimum atomic E-state index is -0.770. The highest BCUT2D eigenvalue weighted by Gasteiger charge is 2.54. The van der Waals surface area contributed by atoms with Crippen molar-refractivity contribution in [3.8, 4) is 0 Å². The number of carbonyl (C=O) groups is 3. The van der Waals surface area contributed by atoms with Crippen molar-refractivity contribution in [2.45, 2.75) is 24.3 Å². The smallest absolute Gasteiger partial charge is 0.260 e. The van der Waals surface area contributed by atoms with E-state index in [1.54, 1.807) is 40.7 Å². The van der Waals surface area contributed by atoms with Crippen LogP contribution in [0.3, 0.4) is 0 Å². The number of nitrogens with one attached hydrogen (secondary N) is 1. The van der Waals surface area contributed by atoms with Gasteiger partial charge in [-0.15, -0.1) is 11.8 Å². The van der Waals surface area contributed by atoms with Crippen LogP contribution in [0.2, 0.25) is 0 Å². The van der Waals surface area contributed by atoms with Gasteiger partial charge in [0.1, 0.15) is 0 Å². The van der Waals surface area contributed by atoms with E-state index in [9.17, 15) is 14.4 Å². The lowest BCUT2D eigenvalue weighted by atomic mass is 10.1. The maximum Gasteiger partial charge on any atom is 0.260 e. The third-order valence-corrected chi connectivity index (χ3v) is 6.30. The summed E-state index contributed by atoms with van der Waals surface area (Å²) < 4.78 is 0. The molecular weight excluding hydrogens is 314 g/mol. The number of thioether (sulfide) groups is 1. The number of hydrogen-bond donors (Lipinski definition) is 1. The minimum Gasteiger partial charge on any atom is -0.337 e. The summed E-state index contributed by atoms with van der Waals surface area (Å²) in [6.07, 6.45) is 0.977. The fourth-order valence-corrected chi connectivity index (χ4v) is 5.01. The Morgan fingerprint density at radius 1 is 1.35 bits per heavy atom. The number of amides is 3. The lowest BCUT2D eigenvalue weighted by Crippen LogP contribution is -2.48. The average Bonchev–Trinajstić information content (AvgIpc) is 3.17. The van der Waals surface area contributed by atoms with Crippen molar-refractivity contribution in [1.82, 2.24) is 9.80 Å². The molecule has 0 spiro atoms. The van der Waals surface area contributed by atoms with E-state index in [1.807, 2.05) is 6.07 Å². The highest BCUT2D eigenvalue weighted by molar-refractivity contribution is 8.01. The molecule has 2 fully saturated rings. The molecule has 1 N–H and O–H groups in total. The Morgan fingerprint density at radius 2 is 2.17 bits per heavy atom. The van der Waals surface area contributed by atoms with Crippen LogP contribution in [-0.2, 0) is 16.1 Å². The molecule has 3 amide bonds. The molecule has 1 aromatic carbocycles. The molecule has 3 aliphatic heterocycles. The summed E-state index contributed by atoms with van der Waals surface area (Å²) in [5.41, 5.74) is 2.16. The Bertz CT molecular complexity index is 735. The van der Waals surface area contributed by atoms with E-state index in [2.05, 4.69) is 5.32 Å². The van der Waals surface area contributed by atoms with Crippen molar-refractivity contribution in [2.75, 3.05) is 24.7 Å². The molecule has 0 bridgehead atoms. The predicted octanol–water partition coefficient (Wildman–Crippen LogP) is 1.28. The van der Waals surface area contributed by atoms with Gasteiger partial charge in [0.2, 0.25) is 5.91 Å². The number of nitrogens with zero attached hydrogens (tertiary/aromatic N) is 2. The number of hydrogen-bond acceptors (Lipinski definition) is 4. The van der Waals surface area contributed by atoms with Gasteiger partial charge in [-0.1, -0.05) is 6.07 Å². The van der Waals surface area contributed by atoms with Gasteiger partial charge >= 0.3 is 0 Å². The quantitative estimate of drug-likeness (QED) is 0.886. The minimum absolute atomic E-state index is 0.0258. The fourth-order valence-electron chi connectivity index (χ4n) is 3.62. The van der Waals surface area contributed by atoms with E-state index in [0.29, 0.717) is 37.2 Å². The Labute approximate surface area is 138 Å². The monoisotopic (exact) mass is 331 g/mol. The van der Waals surface area contributed by atoms with Gasteiger partial charge in [0.05, 0.1) is 0 Å². The lowest BCUT2D eigenvalue weighted by molar-refractivity contribution is -0.133. The molecule has 0 radical (unpaired) electrons. The van der Waals surface area contributed by atoms with Crippen LogP contribution in [0.1, 0.15) is 28.8 Å². The van der Waals surface area contributed by atoms with Crippen molar-refractivity contribution in [3.05, 3.63) is 29.3 Å². The number of rotatable bonds is 2. The number of carbonyl (C=O) groups excluding carboxylic acids is 3. The molecule has 1 unspecified atom stereocenters. The molecule has 1 atom stereocenters. The standard InChI is InChI=1S/C16H17N3O3S/c1-18-9-11-10(14(18)21)3-2-4-12(11)17-15(22)16-6-5-13(20)19(16)7-8-23-16/h2-4H,5-9H2,1H3,(H,17,22). The molecule has 3 aliphatic rings. The molecule has 3 heterocycles. The van der Waals surface area contributed by atoms with Crippen LogP contribution in [0.25, 0.3) is 0 Å². The lowest BCUT2D eigenvalue weighted by Gasteiger charge is -2.29. The third kappa shape index (κ3) is 1.99. The normalized spacial score (nSPS) is 25.8. The Morgan fingerprint density at radius 3 is 3.00 bits per heavy atom. The molecule has 4 rings (SSSR count). The van der Waals surface area contributed by atoms with Gasteiger partial charge in [-0.05, 0) is 18.6 Å². The summed E-state index contributed by atoms with van der Waals surface area (Å²) >= 11 is 1.54. The summed E-state index contributed by atoms with van der Waals surface area (Å²) in [5, 5.41) is 2.98. The van der Waals surface area contributed by atoms with E-state index in [1.165, 1.54) is 0 Å². The Balaban J connectivity index is 1.64. The van der Waals surface area contributed by atoms with E-state index < -0.39 is 4.87 Å². The van der Waals surface area contributed by atoms with E-state index in [0.717, 1.165) is 11.3 Å². The highest BCUT2D eigenvalue weighted by Crippen LogP contribution is 2.45. The molecule has 7 heteroatoms. The second-order valence-electron chi connectivity index (χ2n) is 6.13. The highest BCUT2D eigenvalue weighted by atomic mass is 32.2. The second-order valence-corrected chi connectivity index (χ2v) is 7.50. The molecule has 0 saturated carbocycles. The van der Waals surface area contributed by atoms with E-state index in [-0.39, 0.29) is 17.7 Å². The van der Waals surface area contributed by atoms with Crippen LogP contribution in [0.4, 0.5) is 5.69 Å². The molecular formula is C16H17N3O3S. The van der Waals surface area contributed by atoms with Crippen LogP contribution >= 0.6 is 11.8 Å². The number of fused-ring (bicyclic) bond motifs is 2. The van der Waals surface area contributed by atoms with Crippen molar-refractivity contribution in [2.24, 2.45) is 0 Å². The summed E-state index contributed by atoms with van der Waals surface area (Å²) in [6, 6.07) is 5.38. The van der Waals surface area contributed by atoms with E-state index in [4.69, 9.17) is 0 Å². The first-order valence-electron chi connectivity index (χ1n) is 7.66. The number of anilines is 1. The molecule has 120 valence electrons. The molecule has 23 heavy (non-hydrogen) atoms. The summed E-state index contributed by atoms with van der Waals surface area (Å²) in [5.74, 6) is 0.662. The molecule has 6 nitrogen and oxygen atoms in total. The summed E-state index contributed by atoms with van der Waals surface area (Å²) in [4.78, 5) is 39.5. The van der Waals surface area contributed by atoms with Gasteiger partial charge in [-0.2, -0.15) is 0 Å². The van der Waals surface area contributed by atoms with Crippen molar-refractivity contribution >= 4 is 35.2 Å². The van der Waals surface area contributed by atoms with Gasteiger partial charge < -0.3 is 15.1 Å². The predicted molar refractivity (Wildman–Crippen MR) is 87.0 cm³/mol. The largest absolute Gasteiger partial charge is 0.337 e. The van der Waals surface area contributed by atoms with Crippen molar-refractivity contribution in [3.63, 3.8) is 0 Å². The van der Waals surface area contributed by atoms with E-state index >= 15 is 0 Å². The first kappa shape index (κ1) is 14.6. The average molecular weight is 331 g/mol. The van der Waals surface area contributed by atoms with Crippen LogP contribution in [0, 0.1) is 0 Å².